The number of carbonyl (C=O) groups is 1. The molecule has 1 aromatic carbocycles. The van der Waals surface area contributed by atoms with Gasteiger partial charge in [0.05, 0.1) is 11.0 Å². The molecule has 4 N–H and O–H groups in total. The molecule has 0 spiro atoms. The molecule has 9 heteroatoms. The van der Waals surface area contributed by atoms with Crippen molar-refractivity contribution in [1.82, 2.24) is 10.0 Å². The molecule has 1 aromatic rings. The predicted octanol–water partition coefficient (Wildman–Crippen LogP) is 1.31. The molecule has 1 saturated carbocycles. The van der Waals surface area contributed by atoms with Crippen LogP contribution in [0, 0.1) is 5.92 Å². The van der Waals surface area contributed by atoms with Crippen LogP contribution >= 0.6 is 12.4 Å². The fourth-order valence-electron chi connectivity index (χ4n) is 3.47. The first kappa shape index (κ1) is 22.1. The van der Waals surface area contributed by atoms with E-state index in [-0.39, 0.29) is 41.3 Å². The third-order valence-electron chi connectivity index (χ3n) is 5.07. The van der Waals surface area contributed by atoms with Crippen molar-refractivity contribution >= 4 is 28.3 Å². The van der Waals surface area contributed by atoms with E-state index in [9.17, 15) is 13.2 Å². The van der Waals surface area contributed by atoms with Crippen LogP contribution in [0.25, 0.3) is 0 Å². The Morgan fingerprint density at radius 3 is 2.52 bits per heavy atom. The largest absolute Gasteiger partial charge is 0.377 e. The number of benzene rings is 1. The van der Waals surface area contributed by atoms with E-state index < -0.39 is 10.0 Å². The number of amides is 1. The number of carbonyl (C=O) groups excluding carboxylic acids is 1. The van der Waals surface area contributed by atoms with Crippen molar-refractivity contribution in [3.63, 3.8) is 0 Å². The lowest BCUT2D eigenvalue weighted by Crippen LogP contribution is -2.32. The maximum Gasteiger partial charge on any atom is 0.240 e. The van der Waals surface area contributed by atoms with Crippen molar-refractivity contribution in [3.8, 4) is 0 Å². The highest BCUT2D eigenvalue weighted by Gasteiger charge is 2.27. The van der Waals surface area contributed by atoms with Gasteiger partial charge in [0.15, 0.2) is 0 Å². The smallest absolute Gasteiger partial charge is 0.240 e. The normalized spacial score (nSPS) is 25.1. The van der Waals surface area contributed by atoms with E-state index in [4.69, 9.17) is 10.5 Å². The second-order valence-electron chi connectivity index (χ2n) is 7.12. The molecule has 1 aliphatic carbocycles. The van der Waals surface area contributed by atoms with Gasteiger partial charge in [-0.1, -0.05) is 12.1 Å². The molecule has 3 rings (SSSR count). The van der Waals surface area contributed by atoms with Gasteiger partial charge in [0, 0.05) is 31.7 Å². The van der Waals surface area contributed by atoms with Gasteiger partial charge in [-0.2, -0.15) is 0 Å². The Morgan fingerprint density at radius 1 is 1.19 bits per heavy atom. The molecule has 0 bridgehead atoms. The number of hydrogen-bond donors (Lipinski definition) is 3. The van der Waals surface area contributed by atoms with E-state index in [1.165, 1.54) is 0 Å². The first-order valence-electron chi connectivity index (χ1n) is 9.17. The molecule has 27 heavy (non-hydrogen) atoms. The zero-order valence-corrected chi connectivity index (χ0v) is 16.9. The fourth-order valence-corrected chi connectivity index (χ4v) is 4.53. The van der Waals surface area contributed by atoms with E-state index in [0.29, 0.717) is 19.7 Å². The van der Waals surface area contributed by atoms with Crippen LogP contribution in [0.2, 0.25) is 0 Å². The van der Waals surface area contributed by atoms with Gasteiger partial charge in [0.1, 0.15) is 0 Å². The Labute approximate surface area is 166 Å². The van der Waals surface area contributed by atoms with Crippen molar-refractivity contribution in [2.45, 2.75) is 55.7 Å². The summed E-state index contributed by atoms with van der Waals surface area (Å²) in [6.45, 7) is 1.37. The predicted molar refractivity (Wildman–Crippen MR) is 105 cm³/mol. The molecular weight excluding hydrogens is 390 g/mol. The minimum atomic E-state index is -3.55. The number of nitrogens with one attached hydrogen (secondary N) is 2. The van der Waals surface area contributed by atoms with E-state index in [0.717, 1.165) is 37.7 Å². The molecule has 0 aromatic heterocycles. The van der Waals surface area contributed by atoms with Crippen molar-refractivity contribution in [3.05, 3.63) is 29.8 Å². The average Bonchev–Trinajstić information content (AvgIpc) is 3.30. The number of rotatable bonds is 7. The molecule has 0 radical (unpaired) electrons. The Kier molecular flexibility index (Phi) is 8.05. The highest BCUT2D eigenvalue weighted by Crippen LogP contribution is 2.24. The fraction of sp³-hybridized carbons (Fsp3) is 0.611. The van der Waals surface area contributed by atoms with E-state index in [1.807, 2.05) is 0 Å². The lowest BCUT2D eigenvalue weighted by molar-refractivity contribution is -0.125. The van der Waals surface area contributed by atoms with Crippen LogP contribution in [0.15, 0.2) is 29.2 Å². The lowest BCUT2D eigenvalue weighted by atomic mass is 10.1. The summed E-state index contributed by atoms with van der Waals surface area (Å²) < 4.78 is 32.7. The zero-order chi connectivity index (χ0) is 18.6. The minimum absolute atomic E-state index is 0. The van der Waals surface area contributed by atoms with Gasteiger partial charge < -0.3 is 15.8 Å². The monoisotopic (exact) mass is 417 g/mol. The van der Waals surface area contributed by atoms with Gasteiger partial charge >= 0.3 is 0 Å². The number of ether oxygens (including phenoxy) is 1. The summed E-state index contributed by atoms with van der Waals surface area (Å²) in [5, 5.41) is 2.91. The summed E-state index contributed by atoms with van der Waals surface area (Å²) in [6.07, 6.45) is 4.28. The Balaban J connectivity index is 0.00000261. The minimum Gasteiger partial charge on any atom is -0.377 e. The van der Waals surface area contributed by atoms with Crippen LogP contribution in [-0.2, 0) is 26.1 Å². The number of hydrogen-bond acceptors (Lipinski definition) is 5. The van der Waals surface area contributed by atoms with E-state index in [1.54, 1.807) is 24.3 Å². The van der Waals surface area contributed by atoms with Gasteiger partial charge in [-0.3, -0.25) is 4.79 Å². The topological polar surface area (TPSA) is 111 Å². The molecule has 1 heterocycles. The number of nitrogens with two attached hydrogens (primary N) is 1. The molecule has 3 unspecified atom stereocenters. The van der Waals surface area contributed by atoms with Gasteiger partial charge in [0.2, 0.25) is 15.9 Å². The van der Waals surface area contributed by atoms with Crippen molar-refractivity contribution in [2.24, 2.45) is 11.7 Å². The molecular formula is C18H28ClN3O4S. The number of sulfonamides is 1. The Morgan fingerprint density at radius 2 is 1.93 bits per heavy atom. The zero-order valence-electron chi connectivity index (χ0n) is 15.2. The quantitative estimate of drug-likeness (QED) is 0.619. The van der Waals surface area contributed by atoms with Crippen molar-refractivity contribution in [1.29, 1.82) is 0 Å². The van der Waals surface area contributed by atoms with Gasteiger partial charge in [0.25, 0.3) is 0 Å². The molecule has 2 aliphatic rings. The maximum absolute atomic E-state index is 12.3. The SMILES string of the molecule is Cl.NC1CCC(C(=O)NCc2ccc(S(=O)(=O)NCC3CCCO3)cc2)C1. The second kappa shape index (κ2) is 9.84. The summed E-state index contributed by atoms with van der Waals surface area (Å²) in [4.78, 5) is 12.3. The summed E-state index contributed by atoms with van der Waals surface area (Å²) in [7, 11) is -3.55. The first-order valence-corrected chi connectivity index (χ1v) is 10.7. The third kappa shape index (κ3) is 6.15. The molecule has 152 valence electrons. The van der Waals surface area contributed by atoms with Crippen LogP contribution < -0.4 is 15.8 Å². The summed E-state index contributed by atoms with van der Waals surface area (Å²) in [5.41, 5.74) is 6.70. The van der Waals surface area contributed by atoms with Crippen molar-refractivity contribution in [2.75, 3.05) is 13.2 Å². The van der Waals surface area contributed by atoms with E-state index in [2.05, 4.69) is 10.0 Å². The Bertz CT molecular complexity index is 721. The highest BCUT2D eigenvalue weighted by atomic mass is 35.5. The van der Waals surface area contributed by atoms with Crippen LogP contribution in [0.1, 0.15) is 37.7 Å². The summed E-state index contributed by atoms with van der Waals surface area (Å²) >= 11 is 0. The second-order valence-corrected chi connectivity index (χ2v) is 8.89. The molecule has 7 nitrogen and oxygen atoms in total. The highest BCUT2D eigenvalue weighted by molar-refractivity contribution is 7.89. The Hall–Kier alpha value is -1.19. The molecule has 3 atom stereocenters. The summed E-state index contributed by atoms with van der Waals surface area (Å²) in [5.74, 6) is 0.0135. The van der Waals surface area contributed by atoms with Crippen molar-refractivity contribution < 1.29 is 17.9 Å². The lowest BCUT2D eigenvalue weighted by Gasteiger charge is -2.13. The maximum atomic E-state index is 12.3. The van der Waals surface area contributed by atoms with E-state index >= 15 is 0 Å². The standard InChI is InChI=1S/C18H27N3O4S.ClH/c19-15-6-5-14(10-15)18(22)20-11-13-3-7-17(8-4-13)26(23,24)21-12-16-2-1-9-25-16;/h3-4,7-8,14-16,21H,1-2,5-6,9-12,19H2,(H,20,22);1H. The van der Waals surface area contributed by atoms with Crippen LogP contribution in [0.4, 0.5) is 0 Å². The summed E-state index contributed by atoms with van der Waals surface area (Å²) in [6, 6.07) is 6.69. The van der Waals surface area contributed by atoms with Gasteiger partial charge in [-0.05, 0) is 49.8 Å². The molecule has 1 saturated heterocycles. The van der Waals surface area contributed by atoms with Crippen LogP contribution in [0.5, 0.6) is 0 Å². The third-order valence-corrected chi connectivity index (χ3v) is 6.51. The van der Waals surface area contributed by atoms with Gasteiger partial charge in [-0.15, -0.1) is 12.4 Å². The van der Waals surface area contributed by atoms with Crippen LogP contribution in [-0.4, -0.2) is 39.6 Å². The molecule has 2 fully saturated rings. The average molecular weight is 418 g/mol. The van der Waals surface area contributed by atoms with Gasteiger partial charge in [-0.25, -0.2) is 13.1 Å². The first-order chi connectivity index (χ1) is 12.4. The van der Waals surface area contributed by atoms with Crippen LogP contribution in [0.3, 0.4) is 0 Å². The molecule has 1 amide bonds. The molecule has 1 aliphatic heterocycles. The number of halogens is 1.